The fraction of sp³-hybridized carbons (Fsp3) is 0.220. The maximum absolute atomic E-state index is 13.0. The van der Waals surface area contributed by atoms with Gasteiger partial charge in [0.05, 0.1) is 59.0 Å². The fourth-order valence-electron chi connectivity index (χ4n) is 7.82. The van der Waals surface area contributed by atoms with Crippen molar-refractivity contribution in [3.05, 3.63) is 216 Å². The zero-order valence-corrected chi connectivity index (χ0v) is 41.2. The summed E-state index contributed by atoms with van der Waals surface area (Å²) < 4.78 is 32.4. The number of hydrogen-bond donors (Lipinski definition) is 0. The molecule has 0 bridgehead atoms. The maximum atomic E-state index is 13.0. The SMILES string of the molecule is CC(C)(C)C(=O)OCOc1c(Cc2ccco2)nc2c(Cc3ccccc3)nc(-c3ccccc3)cn12.CC(C)(C)C(=O)Oc1c(Cc2ccco2)nc2c(Cc3ccccc3)nc(-c3ccccc3)cn12. The van der Waals surface area contributed by atoms with E-state index in [0.717, 1.165) is 56.6 Å². The lowest BCUT2D eigenvalue weighted by Crippen LogP contribution is -2.26. The van der Waals surface area contributed by atoms with E-state index in [2.05, 4.69) is 24.3 Å². The van der Waals surface area contributed by atoms with Crippen molar-refractivity contribution in [2.24, 2.45) is 10.8 Å². The van der Waals surface area contributed by atoms with Crippen molar-refractivity contribution in [1.29, 1.82) is 0 Å². The van der Waals surface area contributed by atoms with Gasteiger partial charge < -0.3 is 23.0 Å². The van der Waals surface area contributed by atoms with E-state index in [1.807, 2.05) is 163 Å². The van der Waals surface area contributed by atoms with Gasteiger partial charge in [-0.3, -0.25) is 18.4 Å². The van der Waals surface area contributed by atoms with E-state index in [1.54, 1.807) is 33.3 Å². The van der Waals surface area contributed by atoms with E-state index in [0.29, 0.717) is 60.1 Å². The van der Waals surface area contributed by atoms with Crippen molar-refractivity contribution >= 4 is 23.2 Å². The minimum atomic E-state index is -0.672. The van der Waals surface area contributed by atoms with Gasteiger partial charge in [-0.2, -0.15) is 0 Å². The molecular formula is C59H56N6O7. The average Bonchev–Trinajstić information content (AvgIpc) is 4.22. The highest BCUT2D eigenvalue weighted by Gasteiger charge is 2.29. The van der Waals surface area contributed by atoms with Crippen molar-refractivity contribution in [2.75, 3.05) is 6.79 Å². The van der Waals surface area contributed by atoms with Gasteiger partial charge in [-0.1, -0.05) is 121 Å². The molecule has 364 valence electrons. The third-order valence-electron chi connectivity index (χ3n) is 11.6. The number of carbonyl (C=O) groups excluding carboxylic acids is 2. The van der Waals surface area contributed by atoms with Crippen LogP contribution in [0, 0.1) is 10.8 Å². The van der Waals surface area contributed by atoms with Crippen molar-refractivity contribution < 1.29 is 32.6 Å². The van der Waals surface area contributed by atoms with Crippen LogP contribution in [0.5, 0.6) is 11.8 Å². The summed E-state index contributed by atoms with van der Waals surface area (Å²) in [6.07, 6.45) is 9.07. The Morgan fingerprint density at radius 2 is 0.889 bits per heavy atom. The van der Waals surface area contributed by atoms with Crippen LogP contribution in [0.15, 0.2) is 179 Å². The summed E-state index contributed by atoms with van der Waals surface area (Å²) in [5, 5.41) is 0. The second-order valence-corrected chi connectivity index (χ2v) is 19.4. The molecule has 0 unspecified atom stereocenters. The molecule has 4 aromatic carbocycles. The lowest BCUT2D eigenvalue weighted by molar-refractivity contribution is -0.159. The molecule has 72 heavy (non-hydrogen) atoms. The quantitative estimate of drug-likeness (QED) is 0.0757. The summed E-state index contributed by atoms with van der Waals surface area (Å²) in [7, 11) is 0. The first-order valence-electron chi connectivity index (χ1n) is 23.8. The van der Waals surface area contributed by atoms with Crippen molar-refractivity contribution in [3.8, 4) is 34.3 Å². The summed E-state index contributed by atoms with van der Waals surface area (Å²) in [4.78, 5) is 45.2. The number of aromatic nitrogens is 6. The molecule has 10 aromatic rings. The molecule has 0 saturated carbocycles. The van der Waals surface area contributed by atoms with Crippen LogP contribution in [0.4, 0.5) is 0 Å². The average molecular weight is 961 g/mol. The number of furan rings is 2. The van der Waals surface area contributed by atoms with E-state index in [4.69, 9.17) is 43.0 Å². The first kappa shape index (κ1) is 48.4. The van der Waals surface area contributed by atoms with Crippen LogP contribution >= 0.6 is 0 Å². The number of fused-ring (bicyclic) bond motifs is 2. The lowest BCUT2D eigenvalue weighted by atomic mass is 9.97. The molecule has 10 rings (SSSR count). The third kappa shape index (κ3) is 11.5. The molecule has 0 spiro atoms. The van der Waals surface area contributed by atoms with E-state index < -0.39 is 10.8 Å². The molecule has 13 heteroatoms. The molecule has 0 aliphatic rings. The second-order valence-electron chi connectivity index (χ2n) is 19.4. The molecule has 0 N–H and O–H groups in total. The van der Waals surface area contributed by atoms with Gasteiger partial charge in [-0.15, -0.1) is 0 Å². The van der Waals surface area contributed by atoms with Gasteiger partial charge in [-0.05, 0) is 76.9 Å². The van der Waals surface area contributed by atoms with Crippen LogP contribution in [0.3, 0.4) is 0 Å². The summed E-state index contributed by atoms with van der Waals surface area (Å²) in [6.45, 7) is 10.7. The van der Waals surface area contributed by atoms with Gasteiger partial charge in [0.25, 0.3) is 0 Å². The first-order valence-corrected chi connectivity index (χ1v) is 23.8. The molecule has 0 amide bonds. The summed E-state index contributed by atoms with van der Waals surface area (Å²) in [5.41, 5.74) is 8.71. The van der Waals surface area contributed by atoms with Gasteiger partial charge >= 0.3 is 11.9 Å². The predicted molar refractivity (Wildman–Crippen MR) is 275 cm³/mol. The zero-order chi connectivity index (χ0) is 50.2. The Morgan fingerprint density at radius 3 is 1.31 bits per heavy atom. The Kier molecular flexibility index (Phi) is 14.3. The molecule has 0 aliphatic carbocycles. The standard InChI is InChI=1S/C30H29N3O4.C29H27N3O3/c1-30(2,3)29(34)37-20-36-28-25(18-23-15-10-16-35-23)32-27-24(17-21-11-6-4-7-12-21)31-26(19-33(27)28)22-13-8-5-9-14-22;1-29(2,3)28(33)35-27-24(18-22-15-10-16-34-22)31-26-23(17-20-11-6-4-7-12-20)30-25(19-32(26)27)21-13-8-5-9-14-21/h4-16,19H,17-18,20H2,1-3H3;4-16,19H,17-18H2,1-3H3. The van der Waals surface area contributed by atoms with Crippen LogP contribution in [0.1, 0.15) is 87.0 Å². The minimum Gasteiger partial charge on any atom is -0.469 e. The van der Waals surface area contributed by atoms with Gasteiger partial charge in [0.1, 0.15) is 22.9 Å². The largest absolute Gasteiger partial charge is 0.469 e. The number of esters is 2. The highest BCUT2D eigenvalue weighted by molar-refractivity contribution is 5.78. The van der Waals surface area contributed by atoms with E-state index in [1.165, 1.54) is 0 Å². The smallest absolute Gasteiger partial charge is 0.317 e. The fourth-order valence-corrected chi connectivity index (χ4v) is 7.82. The van der Waals surface area contributed by atoms with Crippen molar-refractivity contribution in [2.45, 2.75) is 67.2 Å². The number of carbonyl (C=O) groups is 2. The maximum Gasteiger partial charge on any atom is 0.317 e. The monoisotopic (exact) mass is 960 g/mol. The second kappa shape index (κ2) is 21.2. The normalized spacial score (nSPS) is 11.6. The number of nitrogens with zero attached hydrogens (tertiary/aromatic N) is 6. The van der Waals surface area contributed by atoms with Gasteiger partial charge in [-0.25, -0.2) is 19.9 Å². The Labute approximate surface area is 418 Å². The van der Waals surface area contributed by atoms with Crippen molar-refractivity contribution in [1.82, 2.24) is 28.7 Å². The number of ether oxygens (including phenoxy) is 3. The molecule has 0 radical (unpaired) electrons. The van der Waals surface area contributed by atoms with Crippen LogP contribution in [-0.4, -0.2) is 47.5 Å². The minimum absolute atomic E-state index is 0.230. The summed E-state index contributed by atoms with van der Waals surface area (Å²) in [6, 6.07) is 47.7. The molecule has 0 atom stereocenters. The molecular weight excluding hydrogens is 905 g/mol. The number of benzene rings is 4. The van der Waals surface area contributed by atoms with Crippen LogP contribution in [0.2, 0.25) is 0 Å². The molecule has 6 aromatic heterocycles. The number of rotatable bonds is 14. The van der Waals surface area contributed by atoms with Crippen molar-refractivity contribution in [3.63, 3.8) is 0 Å². The molecule has 0 saturated heterocycles. The van der Waals surface area contributed by atoms with Crippen LogP contribution in [0.25, 0.3) is 33.8 Å². The highest BCUT2D eigenvalue weighted by Crippen LogP contribution is 2.33. The van der Waals surface area contributed by atoms with Crippen LogP contribution < -0.4 is 9.47 Å². The molecule has 13 nitrogen and oxygen atoms in total. The Hall–Kier alpha value is -8.58. The molecule has 0 aliphatic heterocycles. The molecule has 6 heterocycles. The van der Waals surface area contributed by atoms with Crippen LogP contribution in [-0.2, 0) is 40.0 Å². The van der Waals surface area contributed by atoms with Gasteiger partial charge in [0.15, 0.2) is 11.3 Å². The zero-order valence-electron chi connectivity index (χ0n) is 41.2. The Morgan fingerprint density at radius 1 is 0.472 bits per heavy atom. The summed E-state index contributed by atoms with van der Waals surface area (Å²) >= 11 is 0. The topological polar surface area (TPSA) is 148 Å². The Bertz CT molecular complexity index is 3390. The van der Waals surface area contributed by atoms with E-state index in [-0.39, 0.29) is 18.7 Å². The predicted octanol–water partition coefficient (Wildman–Crippen LogP) is 12.2. The summed E-state index contributed by atoms with van der Waals surface area (Å²) in [5.74, 6) is 1.70. The van der Waals surface area contributed by atoms with Gasteiger partial charge in [0.2, 0.25) is 18.6 Å². The number of imidazole rings is 2. The van der Waals surface area contributed by atoms with E-state index in [9.17, 15) is 9.59 Å². The highest BCUT2D eigenvalue weighted by atomic mass is 16.7. The lowest BCUT2D eigenvalue weighted by Gasteiger charge is -2.17. The molecule has 0 fully saturated rings. The first-order chi connectivity index (χ1) is 34.8. The van der Waals surface area contributed by atoms with Gasteiger partial charge in [0, 0.05) is 36.4 Å². The Balaban J connectivity index is 0.000000178. The number of hydrogen-bond acceptors (Lipinski definition) is 11. The van der Waals surface area contributed by atoms with E-state index >= 15 is 0 Å². The third-order valence-corrected chi connectivity index (χ3v) is 11.6.